The van der Waals surface area contributed by atoms with Crippen LogP contribution in [0.25, 0.3) is 21.5 Å². The summed E-state index contributed by atoms with van der Waals surface area (Å²) in [5.41, 5.74) is 5.06. The van der Waals surface area contributed by atoms with Gasteiger partial charge in [0.15, 0.2) is 5.13 Å². The van der Waals surface area contributed by atoms with Crippen molar-refractivity contribution in [2.75, 3.05) is 18.0 Å². The number of rotatable bonds is 7. The molecule has 1 aliphatic heterocycles. The summed E-state index contributed by atoms with van der Waals surface area (Å²) in [6, 6.07) is 9.31. The van der Waals surface area contributed by atoms with Crippen molar-refractivity contribution in [1.29, 1.82) is 0 Å². The number of carboxylic acids is 1. The number of fused-ring (bicyclic) bond motifs is 2. The van der Waals surface area contributed by atoms with Gasteiger partial charge in [0.1, 0.15) is 11.5 Å². The molecule has 2 aromatic carbocycles. The van der Waals surface area contributed by atoms with E-state index < -0.39 is 5.97 Å². The molecule has 7 rings (SSSR count). The van der Waals surface area contributed by atoms with E-state index in [1.54, 1.807) is 23.5 Å². The van der Waals surface area contributed by atoms with Crippen LogP contribution in [0.1, 0.15) is 58.8 Å². The van der Waals surface area contributed by atoms with Crippen molar-refractivity contribution in [2.24, 2.45) is 11.8 Å². The number of carboxylic acid groups (broad SMARTS) is 1. The molecule has 39 heavy (non-hydrogen) atoms. The maximum Gasteiger partial charge on any atom is 0.335 e. The minimum Gasteiger partial charge on any atom is -0.478 e. The summed E-state index contributed by atoms with van der Waals surface area (Å²) < 4.78 is 13.3. The third kappa shape index (κ3) is 4.65. The first-order valence-electron chi connectivity index (χ1n) is 13.4. The zero-order valence-corrected chi connectivity index (χ0v) is 24.3. The highest BCUT2D eigenvalue weighted by Crippen LogP contribution is 2.47. The van der Waals surface area contributed by atoms with E-state index in [1.807, 2.05) is 12.1 Å². The monoisotopic (exact) mass is 581 g/mol. The van der Waals surface area contributed by atoms with Crippen LogP contribution in [0.15, 0.2) is 34.9 Å². The molecule has 4 aromatic rings. The predicted molar refractivity (Wildman–Crippen MR) is 157 cm³/mol. The van der Waals surface area contributed by atoms with E-state index in [0.717, 1.165) is 87.6 Å². The molecule has 3 heterocycles. The van der Waals surface area contributed by atoms with Crippen LogP contribution in [0, 0.1) is 18.8 Å². The Balaban J connectivity index is 1.04. The molecular formula is C29H29ClN3O4PS. The van der Waals surface area contributed by atoms with Crippen molar-refractivity contribution < 1.29 is 19.2 Å². The van der Waals surface area contributed by atoms with Crippen molar-refractivity contribution in [2.45, 2.75) is 51.2 Å². The van der Waals surface area contributed by atoms with E-state index in [0.29, 0.717) is 34.9 Å². The number of carbonyl (C=O) groups is 1. The van der Waals surface area contributed by atoms with Crippen molar-refractivity contribution in [3.8, 4) is 11.3 Å². The number of benzene rings is 2. The SMILES string of the molecule is Cc1cccc(Cl)c1-c1noc(C2CC2)c1COC1CC2CN(c3nc4c(P)cc(C(=O)O)cc4s3)CC2C1. The third-order valence-electron chi connectivity index (χ3n) is 8.43. The Labute approximate surface area is 237 Å². The zero-order valence-electron chi connectivity index (χ0n) is 21.5. The predicted octanol–water partition coefficient (Wildman–Crippen LogP) is 6.42. The van der Waals surface area contributed by atoms with Crippen molar-refractivity contribution >= 4 is 58.8 Å². The van der Waals surface area contributed by atoms with Gasteiger partial charge in [-0.1, -0.05) is 40.2 Å². The van der Waals surface area contributed by atoms with Gasteiger partial charge in [0.05, 0.1) is 33.5 Å². The molecule has 1 saturated heterocycles. The molecule has 0 amide bonds. The van der Waals surface area contributed by atoms with Crippen LogP contribution in [-0.4, -0.2) is 40.4 Å². The Morgan fingerprint density at radius 2 is 2.03 bits per heavy atom. The van der Waals surface area contributed by atoms with E-state index >= 15 is 0 Å². The van der Waals surface area contributed by atoms with Gasteiger partial charge in [-0.3, -0.25) is 0 Å². The van der Waals surface area contributed by atoms with Gasteiger partial charge in [-0.05, 0) is 73.5 Å². The van der Waals surface area contributed by atoms with Crippen molar-refractivity contribution in [3.05, 3.63) is 57.8 Å². The fraction of sp³-hybridized carbons (Fsp3) is 0.414. The number of aromatic nitrogens is 2. The van der Waals surface area contributed by atoms with Crippen LogP contribution in [0.5, 0.6) is 0 Å². The molecule has 3 fully saturated rings. The molecule has 2 aromatic heterocycles. The Morgan fingerprint density at radius 1 is 1.26 bits per heavy atom. The fourth-order valence-corrected chi connectivity index (χ4v) is 8.17. The lowest BCUT2D eigenvalue weighted by Crippen LogP contribution is -2.23. The lowest BCUT2D eigenvalue weighted by atomic mass is 10.0. The average molecular weight is 582 g/mol. The minimum absolute atomic E-state index is 0.205. The first-order valence-corrected chi connectivity index (χ1v) is 15.2. The zero-order chi connectivity index (χ0) is 26.8. The molecular weight excluding hydrogens is 553 g/mol. The molecule has 2 saturated carbocycles. The number of halogens is 1. The molecule has 0 radical (unpaired) electrons. The summed E-state index contributed by atoms with van der Waals surface area (Å²) in [6.07, 6.45) is 4.52. The van der Waals surface area contributed by atoms with Gasteiger partial charge < -0.3 is 19.3 Å². The summed E-state index contributed by atoms with van der Waals surface area (Å²) in [5.74, 6) is 1.60. The number of hydrogen-bond donors (Lipinski definition) is 1. The Kier molecular flexibility index (Phi) is 6.43. The first kappa shape index (κ1) is 25.5. The molecule has 0 spiro atoms. The number of hydrogen-bond acceptors (Lipinski definition) is 7. The highest BCUT2D eigenvalue weighted by Gasteiger charge is 2.42. The highest BCUT2D eigenvalue weighted by atomic mass is 35.5. The molecule has 1 N–H and O–H groups in total. The first-order chi connectivity index (χ1) is 18.9. The van der Waals surface area contributed by atoms with Gasteiger partial charge in [0.25, 0.3) is 0 Å². The summed E-state index contributed by atoms with van der Waals surface area (Å²) >= 11 is 8.17. The van der Waals surface area contributed by atoms with Crippen molar-refractivity contribution in [1.82, 2.24) is 10.1 Å². The second kappa shape index (κ2) is 9.84. The topological polar surface area (TPSA) is 88.7 Å². The van der Waals surface area contributed by atoms with Crippen LogP contribution >= 0.6 is 32.2 Å². The fourth-order valence-electron chi connectivity index (χ4n) is 6.30. The van der Waals surface area contributed by atoms with Crippen LogP contribution in [0.4, 0.5) is 5.13 Å². The second-order valence-corrected chi connectivity index (χ2v) is 13.2. The van der Waals surface area contributed by atoms with Crippen LogP contribution in [0.2, 0.25) is 5.02 Å². The lowest BCUT2D eigenvalue weighted by molar-refractivity contribution is 0.0403. The van der Waals surface area contributed by atoms with Crippen molar-refractivity contribution in [3.63, 3.8) is 0 Å². The number of aromatic carboxylic acids is 1. The normalized spacial score (nSPS) is 22.6. The maximum atomic E-state index is 11.5. The number of aryl methyl sites for hydroxylation is 1. The highest BCUT2D eigenvalue weighted by molar-refractivity contribution is 7.29. The molecule has 202 valence electrons. The summed E-state index contributed by atoms with van der Waals surface area (Å²) in [4.78, 5) is 18.7. The van der Waals surface area contributed by atoms with Crippen LogP contribution in [-0.2, 0) is 11.3 Å². The molecule has 10 heteroatoms. The Bertz CT molecular complexity index is 1560. The van der Waals surface area contributed by atoms with E-state index in [9.17, 15) is 9.90 Å². The number of ether oxygens (including phenoxy) is 1. The van der Waals surface area contributed by atoms with E-state index in [4.69, 9.17) is 25.8 Å². The molecule has 3 aliphatic rings. The Morgan fingerprint density at radius 3 is 2.72 bits per heavy atom. The summed E-state index contributed by atoms with van der Waals surface area (Å²) in [7, 11) is 2.63. The second-order valence-electron chi connectivity index (χ2n) is 11.1. The number of nitrogens with zero attached hydrogens (tertiary/aromatic N) is 3. The van der Waals surface area contributed by atoms with Gasteiger partial charge in [-0.2, -0.15) is 0 Å². The van der Waals surface area contributed by atoms with E-state index in [1.165, 1.54) is 0 Å². The molecule has 2 aliphatic carbocycles. The number of anilines is 1. The molecule has 3 atom stereocenters. The largest absolute Gasteiger partial charge is 0.478 e. The van der Waals surface area contributed by atoms with E-state index in [2.05, 4.69) is 32.3 Å². The van der Waals surface area contributed by atoms with Crippen LogP contribution in [0.3, 0.4) is 0 Å². The molecule has 0 bridgehead atoms. The van der Waals surface area contributed by atoms with Gasteiger partial charge in [0.2, 0.25) is 0 Å². The van der Waals surface area contributed by atoms with Gasteiger partial charge in [0, 0.05) is 30.1 Å². The lowest BCUT2D eigenvalue weighted by Gasteiger charge is -2.19. The third-order valence-corrected chi connectivity index (χ3v) is 10.2. The van der Waals surface area contributed by atoms with E-state index in [-0.39, 0.29) is 6.10 Å². The average Bonchev–Trinajstić information content (AvgIpc) is 3.20. The van der Waals surface area contributed by atoms with Gasteiger partial charge >= 0.3 is 5.97 Å². The molecule has 7 nitrogen and oxygen atoms in total. The van der Waals surface area contributed by atoms with Crippen LogP contribution < -0.4 is 10.2 Å². The smallest absolute Gasteiger partial charge is 0.335 e. The van der Waals surface area contributed by atoms with Gasteiger partial charge in [-0.25, -0.2) is 9.78 Å². The summed E-state index contributed by atoms with van der Waals surface area (Å²) in [5, 5.41) is 16.4. The Hall–Kier alpha value is -2.51. The quantitative estimate of drug-likeness (QED) is 0.252. The maximum absolute atomic E-state index is 11.5. The minimum atomic E-state index is -0.915. The summed E-state index contributed by atoms with van der Waals surface area (Å²) in [6.45, 7) is 4.45. The number of thiazole rings is 1. The standard InChI is InChI=1S/C29H29ClN3O4PS/c1-14-3-2-4-21(30)24(14)25-20(27(37-32-25)15-5-6-15)13-36-19-7-17-11-33(12-18(17)8-19)29-31-26-22(38)9-16(28(34)35)10-23(26)39-29/h2-4,9-10,15,17-19H,5-8,11-13,38H2,1H3,(H,34,35). The van der Waals surface area contributed by atoms with Gasteiger partial charge in [-0.15, -0.1) is 9.24 Å². The molecule has 3 unspecified atom stereocenters.